The Balaban J connectivity index is 1.39. The first kappa shape index (κ1) is 19.2. The lowest BCUT2D eigenvalue weighted by Crippen LogP contribution is -2.32. The molecule has 0 spiro atoms. The third-order valence-electron chi connectivity index (χ3n) is 5.40. The van der Waals surface area contributed by atoms with E-state index in [1.54, 1.807) is 11.8 Å². The number of nitrogens with one attached hydrogen (secondary N) is 1. The molecular weight excluding hydrogens is 366 g/mol. The standard InChI is InChI=1S/C23H25N3O3/c1-14(2)17-6-4-16(5-7-17)12-24-23(28)18-10-22(27)26(13-18)19-8-9-21-20(11-19)25-15(3)29-21/h4-9,11,14,18H,10,12-13H2,1-3H3,(H,24,28)/t18-/m0/s1. The third-order valence-corrected chi connectivity index (χ3v) is 5.40. The summed E-state index contributed by atoms with van der Waals surface area (Å²) in [5, 5.41) is 2.97. The predicted octanol–water partition coefficient (Wildman–Crippen LogP) is 3.93. The number of hydrogen-bond donors (Lipinski definition) is 1. The second-order valence-corrected chi connectivity index (χ2v) is 7.90. The topological polar surface area (TPSA) is 75.4 Å². The number of nitrogens with zero attached hydrogens (tertiary/aromatic N) is 2. The van der Waals surface area contributed by atoms with Crippen molar-refractivity contribution in [1.82, 2.24) is 10.3 Å². The van der Waals surface area contributed by atoms with E-state index in [1.807, 2.05) is 30.3 Å². The summed E-state index contributed by atoms with van der Waals surface area (Å²) < 4.78 is 5.49. The van der Waals surface area contributed by atoms with Gasteiger partial charge >= 0.3 is 0 Å². The van der Waals surface area contributed by atoms with Gasteiger partial charge in [0.25, 0.3) is 0 Å². The van der Waals surface area contributed by atoms with E-state index in [0.29, 0.717) is 36.0 Å². The van der Waals surface area contributed by atoms with E-state index in [-0.39, 0.29) is 24.2 Å². The van der Waals surface area contributed by atoms with Crippen molar-refractivity contribution in [3.05, 3.63) is 59.5 Å². The largest absolute Gasteiger partial charge is 0.441 e. The average molecular weight is 391 g/mol. The third kappa shape index (κ3) is 4.01. The highest BCUT2D eigenvalue weighted by molar-refractivity contribution is 6.01. The van der Waals surface area contributed by atoms with Crippen molar-refractivity contribution in [1.29, 1.82) is 0 Å². The minimum atomic E-state index is -0.354. The zero-order chi connectivity index (χ0) is 20.5. The number of carbonyl (C=O) groups excluding carboxylic acids is 2. The van der Waals surface area contributed by atoms with Gasteiger partial charge in [0.1, 0.15) is 5.52 Å². The first-order chi connectivity index (χ1) is 13.9. The molecule has 2 aromatic carbocycles. The van der Waals surface area contributed by atoms with E-state index in [0.717, 1.165) is 11.3 Å². The number of carbonyl (C=O) groups is 2. The van der Waals surface area contributed by atoms with Crippen molar-refractivity contribution in [2.75, 3.05) is 11.4 Å². The van der Waals surface area contributed by atoms with Crippen LogP contribution >= 0.6 is 0 Å². The number of fused-ring (bicyclic) bond motifs is 1. The van der Waals surface area contributed by atoms with Crippen LogP contribution in [0.5, 0.6) is 0 Å². The highest BCUT2D eigenvalue weighted by Gasteiger charge is 2.35. The van der Waals surface area contributed by atoms with Crippen molar-refractivity contribution < 1.29 is 14.0 Å². The van der Waals surface area contributed by atoms with Gasteiger partial charge in [-0.25, -0.2) is 4.98 Å². The number of rotatable bonds is 5. The van der Waals surface area contributed by atoms with Gasteiger partial charge in [0.05, 0.1) is 5.92 Å². The summed E-state index contributed by atoms with van der Waals surface area (Å²) in [6.45, 7) is 6.94. The molecule has 1 aliphatic rings. The minimum absolute atomic E-state index is 0.0500. The van der Waals surface area contributed by atoms with Crippen LogP contribution in [0.3, 0.4) is 0 Å². The maximum absolute atomic E-state index is 12.6. The summed E-state index contributed by atoms with van der Waals surface area (Å²) in [4.78, 5) is 31.1. The molecule has 1 aliphatic heterocycles. The molecule has 1 N–H and O–H groups in total. The molecule has 29 heavy (non-hydrogen) atoms. The van der Waals surface area contributed by atoms with E-state index in [4.69, 9.17) is 4.42 Å². The van der Waals surface area contributed by atoms with Gasteiger partial charge < -0.3 is 14.6 Å². The summed E-state index contributed by atoms with van der Waals surface area (Å²) in [5.41, 5.74) is 4.48. The monoisotopic (exact) mass is 391 g/mol. The number of amides is 2. The molecule has 1 saturated heterocycles. The van der Waals surface area contributed by atoms with Gasteiger partial charge in [-0.05, 0) is 35.2 Å². The molecule has 0 aliphatic carbocycles. The van der Waals surface area contributed by atoms with E-state index < -0.39 is 0 Å². The zero-order valence-electron chi connectivity index (χ0n) is 16.9. The Morgan fingerprint density at radius 2 is 2.00 bits per heavy atom. The molecular formula is C23H25N3O3. The fourth-order valence-corrected chi connectivity index (χ4v) is 3.69. The fraction of sp³-hybridized carbons (Fsp3) is 0.348. The Morgan fingerprint density at radius 3 is 2.72 bits per heavy atom. The first-order valence-corrected chi connectivity index (χ1v) is 9.95. The van der Waals surface area contributed by atoms with E-state index in [9.17, 15) is 9.59 Å². The molecule has 2 amide bonds. The fourth-order valence-electron chi connectivity index (χ4n) is 3.69. The molecule has 2 heterocycles. The average Bonchev–Trinajstić information content (AvgIpc) is 3.27. The quantitative estimate of drug-likeness (QED) is 0.715. The number of anilines is 1. The summed E-state index contributed by atoms with van der Waals surface area (Å²) in [7, 11) is 0. The Hall–Kier alpha value is -3.15. The molecule has 0 saturated carbocycles. The highest BCUT2D eigenvalue weighted by atomic mass is 16.3. The van der Waals surface area contributed by atoms with Crippen LogP contribution in [-0.4, -0.2) is 23.3 Å². The zero-order valence-corrected chi connectivity index (χ0v) is 16.9. The van der Waals surface area contributed by atoms with Crippen LogP contribution in [0.2, 0.25) is 0 Å². The van der Waals surface area contributed by atoms with E-state index in [2.05, 4.69) is 36.3 Å². The molecule has 150 valence electrons. The van der Waals surface area contributed by atoms with E-state index >= 15 is 0 Å². The smallest absolute Gasteiger partial charge is 0.227 e. The molecule has 1 atom stereocenters. The van der Waals surface area contributed by atoms with Crippen molar-refractivity contribution in [2.45, 2.75) is 39.7 Å². The number of hydrogen-bond acceptors (Lipinski definition) is 4. The molecule has 1 aromatic heterocycles. The Bertz CT molecular complexity index is 1050. The lowest BCUT2D eigenvalue weighted by Gasteiger charge is -2.16. The van der Waals surface area contributed by atoms with Crippen LogP contribution in [0.1, 0.15) is 43.2 Å². The van der Waals surface area contributed by atoms with Crippen LogP contribution < -0.4 is 10.2 Å². The highest BCUT2D eigenvalue weighted by Crippen LogP contribution is 2.28. The van der Waals surface area contributed by atoms with Crippen LogP contribution in [0, 0.1) is 12.8 Å². The lowest BCUT2D eigenvalue weighted by molar-refractivity contribution is -0.126. The van der Waals surface area contributed by atoms with Crippen molar-refractivity contribution >= 4 is 28.6 Å². The summed E-state index contributed by atoms with van der Waals surface area (Å²) in [5.74, 6) is 0.573. The molecule has 1 fully saturated rings. The maximum Gasteiger partial charge on any atom is 0.227 e. The van der Waals surface area contributed by atoms with Crippen LogP contribution in [-0.2, 0) is 16.1 Å². The molecule has 0 unspecified atom stereocenters. The summed E-state index contributed by atoms with van der Waals surface area (Å²) in [6.07, 6.45) is 0.216. The van der Waals surface area contributed by atoms with Gasteiger partial charge in [-0.1, -0.05) is 38.1 Å². The van der Waals surface area contributed by atoms with Crippen molar-refractivity contribution in [2.24, 2.45) is 5.92 Å². The Labute approximate surface area is 169 Å². The number of aryl methyl sites for hydroxylation is 1. The van der Waals surface area contributed by atoms with Gasteiger partial charge in [-0.3, -0.25) is 9.59 Å². The maximum atomic E-state index is 12.6. The lowest BCUT2D eigenvalue weighted by atomic mass is 10.0. The van der Waals surface area contributed by atoms with Crippen molar-refractivity contribution in [3.8, 4) is 0 Å². The summed E-state index contributed by atoms with van der Waals surface area (Å²) >= 11 is 0. The minimum Gasteiger partial charge on any atom is -0.441 e. The second-order valence-electron chi connectivity index (χ2n) is 7.90. The predicted molar refractivity (Wildman–Crippen MR) is 112 cm³/mol. The molecule has 4 rings (SSSR count). The number of benzene rings is 2. The van der Waals surface area contributed by atoms with Crippen LogP contribution in [0.15, 0.2) is 46.9 Å². The van der Waals surface area contributed by atoms with Crippen molar-refractivity contribution in [3.63, 3.8) is 0 Å². The molecule has 6 heteroatoms. The molecule has 0 radical (unpaired) electrons. The second kappa shape index (κ2) is 7.70. The van der Waals surface area contributed by atoms with Gasteiger partial charge in [-0.2, -0.15) is 0 Å². The normalized spacial score (nSPS) is 16.8. The van der Waals surface area contributed by atoms with Crippen LogP contribution in [0.4, 0.5) is 5.69 Å². The van der Waals surface area contributed by atoms with Gasteiger partial charge in [0.2, 0.25) is 11.8 Å². The van der Waals surface area contributed by atoms with Gasteiger partial charge in [0.15, 0.2) is 11.5 Å². The van der Waals surface area contributed by atoms with E-state index in [1.165, 1.54) is 5.56 Å². The number of aromatic nitrogens is 1. The van der Waals surface area contributed by atoms with Gasteiger partial charge in [-0.15, -0.1) is 0 Å². The summed E-state index contributed by atoms with van der Waals surface area (Å²) in [6, 6.07) is 13.7. The molecule has 6 nitrogen and oxygen atoms in total. The Morgan fingerprint density at radius 1 is 1.24 bits per heavy atom. The molecule has 0 bridgehead atoms. The van der Waals surface area contributed by atoms with Crippen LogP contribution in [0.25, 0.3) is 11.1 Å². The SMILES string of the molecule is Cc1nc2cc(N3C[C@@H](C(=O)NCc4ccc(C(C)C)cc4)CC3=O)ccc2o1. The number of oxazole rings is 1. The van der Waals surface area contributed by atoms with Gasteiger partial charge in [0, 0.05) is 32.1 Å². The molecule has 3 aromatic rings. The Kier molecular flexibility index (Phi) is 5.09. The first-order valence-electron chi connectivity index (χ1n) is 9.95.